The van der Waals surface area contributed by atoms with E-state index in [9.17, 15) is 0 Å². The molecule has 4 rings (SSSR count). The van der Waals surface area contributed by atoms with Gasteiger partial charge in [-0.15, -0.1) is 0 Å². The summed E-state index contributed by atoms with van der Waals surface area (Å²) in [7, 11) is 0. The summed E-state index contributed by atoms with van der Waals surface area (Å²) in [5, 5.41) is 1.32. The molecule has 0 aliphatic heterocycles. The minimum Gasteiger partial charge on any atom is -0.310 e. The van der Waals surface area contributed by atoms with E-state index in [1.54, 1.807) is 0 Å². The number of allylic oxidation sites excluding steroid dienone is 12. The second-order valence-corrected chi connectivity index (χ2v) is 8.51. The van der Waals surface area contributed by atoms with Crippen LogP contribution in [0.3, 0.4) is 0 Å². The standard InChI is InChI=1S/C29H31N/c1-6-7-16-28-23(5)27-19-26(25-15-11-9-13-21(25)3)22(4)18-29(27)30(28)24-14-10-8-12-20(2)17-24/h6-12,14-21H,1,13H2,2-5H3/b16-7-. The maximum absolute atomic E-state index is 3.88. The number of aryl methyl sites for hydroxylation is 2. The van der Waals surface area contributed by atoms with Crippen LogP contribution < -0.4 is 0 Å². The molecule has 0 saturated carbocycles. The van der Waals surface area contributed by atoms with Crippen LogP contribution in [0.15, 0.2) is 79.5 Å². The van der Waals surface area contributed by atoms with Gasteiger partial charge >= 0.3 is 0 Å². The molecular formula is C29H31N. The van der Waals surface area contributed by atoms with Gasteiger partial charge in [0.1, 0.15) is 0 Å². The predicted molar refractivity (Wildman–Crippen MR) is 133 cm³/mol. The van der Waals surface area contributed by atoms with Gasteiger partial charge in [-0.25, -0.2) is 0 Å². The smallest absolute Gasteiger partial charge is 0.0540 e. The Morgan fingerprint density at radius 3 is 2.70 bits per heavy atom. The third-order valence-electron chi connectivity index (χ3n) is 6.23. The van der Waals surface area contributed by atoms with E-state index in [1.165, 1.54) is 44.6 Å². The molecule has 2 aromatic rings. The molecule has 0 saturated heterocycles. The lowest BCUT2D eigenvalue weighted by molar-refractivity contribution is 0.758. The van der Waals surface area contributed by atoms with Gasteiger partial charge in [-0.05, 0) is 78.7 Å². The van der Waals surface area contributed by atoms with Crippen LogP contribution >= 0.6 is 0 Å². The number of fused-ring (bicyclic) bond motifs is 1. The van der Waals surface area contributed by atoms with Crippen molar-refractivity contribution < 1.29 is 0 Å². The van der Waals surface area contributed by atoms with Crippen LogP contribution in [0.1, 0.15) is 42.7 Å². The summed E-state index contributed by atoms with van der Waals surface area (Å²) in [4.78, 5) is 0. The van der Waals surface area contributed by atoms with Gasteiger partial charge in [-0.2, -0.15) is 0 Å². The van der Waals surface area contributed by atoms with E-state index in [2.05, 4.69) is 106 Å². The van der Waals surface area contributed by atoms with Gasteiger partial charge in [0.05, 0.1) is 5.52 Å². The summed E-state index contributed by atoms with van der Waals surface area (Å²) in [5.74, 6) is 0.942. The lowest BCUT2D eigenvalue weighted by Gasteiger charge is -2.20. The molecule has 0 N–H and O–H groups in total. The number of hydrogen-bond donors (Lipinski definition) is 0. The van der Waals surface area contributed by atoms with Crippen molar-refractivity contribution >= 4 is 28.2 Å². The monoisotopic (exact) mass is 393 g/mol. The average Bonchev–Trinajstić information content (AvgIpc) is 2.85. The Labute approximate surface area is 180 Å². The first-order valence-corrected chi connectivity index (χ1v) is 10.9. The fourth-order valence-corrected chi connectivity index (χ4v) is 4.59. The van der Waals surface area contributed by atoms with E-state index < -0.39 is 0 Å². The molecule has 30 heavy (non-hydrogen) atoms. The summed E-state index contributed by atoms with van der Waals surface area (Å²) in [6, 6.07) is 4.78. The van der Waals surface area contributed by atoms with E-state index in [0.717, 1.165) is 6.42 Å². The first kappa shape index (κ1) is 20.2. The van der Waals surface area contributed by atoms with E-state index in [1.807, 2.05) is 12.2 Å². The molecular weight excluding hydrogens is 362 g/mol. The van der Waals surface area contributed by atoms with Crippen LogP contribution in [0.2, 0.25) is 0 Å². The highest BCUT2D eigenvalue weighted by atomic mass is 15.0. The molecule has 0 amide bonds. The second kappa shape index (κ2) is 8.36. The number of hydrogen-bond acceptors (Lipinski definition) is 0. The van der Waals surface area contributed by atoms with Gasteiger partial charge in [0.25, 0.3) is 0 Å². The average molecular weight is 394 g/mol. The number of nitrogens with zero attached hydrogens (tertiary/aromatic N) is 1. The zero-order chi connectivity index (χ0) is 21.3. The topological polar surface area (TPSA) is 4.93 Å². The van der Waals surface area contributed by atoms with Gasteiger partial charge in [-0.3, -0.25) is 0 Å². The van der Waals surface area contributed by atoms with E-state index in [0.29, 0.717) is 11.8 Å². The quantitative estimate of drug-likeness (QED) is 0.463. The highest BCUT2D eigenvalue weighted by molar-refractivity contribution is 5.95. The molecule has 1 aromatic heterocycles. The second-order valence-electron chi connectivity index (χ2n) is 8.51. The zero-order valence-corrected chi connectivity index (χ0v) is 18.5. The predicted octanol–water partition coefficient (Wildman–Crippen LogP) is 8.04. The van der Waals surface area contributed by atoms with Crippen molar-refractivity contribution in [3.8, 4) is 0 Å². The van der Waals surface area contributed by atoms with E-state index >= 15 is 0 Å². The molecule has 1 heteroatoms. The Morgan fingerprint density at radius 2 is 1.93 bits per heavy atom. The van der Waals surface area contributed by atoms with Crippen molar-refractivity contribution in [2.75, 3.05) is 0 Å². The minimum absolute atomic E-state index is 0.393. The van der Waals surface area contributed by atoms with Crippen molar-refractivity contribution in [1.82, 2.24) is 4.57 Å². The molecule has 0 spiro atoms. The summed E-state index contributed by atoms with van der Waals surface area (Å²) in [6.45, 7) is 12.9. The van der Waals surface area contributed by atoms with Crippen LogP contribution in [0.25, 0.3) is 28.2 Å². The fraction of sp³-hybridized carbons (Fsp3) is 0.241. The molecule has 2 unspecified atom stereocenters. The lowest BCUT2D eigenvalue weighted by Crippen LogP contribution is -2.03. The van der Waals surface area contributed by atoms with Gasteiger partial charge in [0.2, 0.25) is 0 Å². The van der Waals surface area contributed by atoms with Crippen molar-refractivity contribution in [3.63, 3.8) is 0 Å². The highest BCUT2D eigenvalue weighted by Gasteiger charge is 2.20. The van der Waals surface area contributed by atoms with Crippen molar-refractivity contribution in [3.05, 3.63) is 102 Å². The van der Waals surface area contributed by atoms with Crippen LogP contribution in [0, 0.1) is 25.7 Å². The Bertz CT molecular complexity index is 1170. The highest BCUT2D eigenvalue weighted by Crippen LogP contribution is 2.38. The van der Waals surface area contributed by atoms with Crippen LogP contribution in [-0.2, 0) is 0 Å². The fourth-order valence-electron chi connectivity index (χ4n) is 4.59. The summed E-state index contributed by atoms with van der Waals surface area (Å²) in [6.07, 6.45) is 25.0. The molecule has 2 atom stereocenters. The number of rotatable bonds is 4. The first-order chi connectivity index (χ1) is 14.5. The van der Waals surface area contributed by atoms with Gasteiger partial charge in [-0.1, -0.05) is 75.1 Å². The van der Waals surface area contributed by atoms with Crippen LogP contribution in [0.4, 0.5) is 0 Å². The maximum atomic E-state index is 3.88. The van der Waals surface area contributed by atoms with Gasteiger partial charge in [0, 0.05) is 16.8 Å². The Hall–Kier alpha value is -3.06. The molecule has 1 aromatic carbocycles. The van der Waals surface area contributed by atoms with Gasteiger partial charge < -0.3 is 4.57 Å². The zero-order valence-electron chi connectivity index (χ0n) is 18.5. The minimum atomic E-state index is 0.393. The van der Waals surface area contributed by atoms with Crippen LogP contribution in [-0.4, -0.2) is 4.57 Å². The first-order valence-electron chi connectivity index (χ1n) is 10.9. The van der Waals surface area contributed by atoms with E-state index in [-0.39, 0.29) is 0 Å². The molecule has 0 fully saturated rings. The molecule has 0 bridgehead atoms. The van der Waals surface area contributed by atoms with Crippen molar-refractivity contribution in [2.24, 2.45) is 11.8 Å². The largest absolute Gasteiger partial charge is 0.310 e. The third-order valence-corrected chi connectivity index (χ3v) is 6.23. The normalized spacial score (nSPS) is 21.2. The third kappa shape index (κ3) is 3.61. The number of benzene rings is 1. The maximum Gasteiger partial charge on any atom is 0.0540 e. The summed E-state index contributed by atoms with van der Waals surface area (Å²) >= 11 is 0. The molecule has 0 radical (unpaired) electrons. The van der Waals surface area contributed by atoms with Crippen molar-refractivity contribution in [2.45, 2.75) is 34.1 Å². The molecule has 2 aliphatic carbocycles. The van der Waals surface area contributed by atoms with Gasteiger partial charge in [0.15, 0.2) is 0 Å². The molecule has 1 nitrogen and oxygen atoms in total. The SMILES string of the molecule is C=C/C=C\c1c(C)c2cc(C3=CC=CCC3C)c(C)cc2n1C1=CC(C)C=CC=C1. The van der Waals surface area contributed by atoms with Crippen molar-refractivity contribution in [1.29, 1.82) is 0 Å². The lowest BCUT2D eigenvalue weighted by atomic mass is 9.85. The molecule has 152 valence electrons. The van der Waals surface area contributed by atoms with Crippen LogP contribution in [0.5, 0.6) is 0 Å². The molecule has 2 aliphatic rings. The Morgan fingerprint density at radius 1 is 1.10 bits per heavy atom. The molecule has 1 heterocycles. The number of aromatic nitrogens is 1. The Kier molecular flexibility index (Phi) is 5.63. The Balaban J connectivity index is 2.00. The summed E-state index contributed by atoms with van der Waals surface area (Å²) in [5.41, 5.74) is 9.16. The van der Waals surface area contributed by atoms with E-state index in [4.69, 9.17) is 0 Å². The summed E-state index contributed by atoms with van der Waals surface area (Å²) < 4.78 is 2.40.